The smallest absolute Gasteiger partial charge is 0.0402 e. The lowest BCUT2D eigenvalue weighted by Gasteiger charge is -2.17. The standard InChI is InChI=1S/C11H18N2/c1-4-10(5-2)13-11-6-7-12-8-9(11)3/h6-8,10H,4-5H2,1-3H3,(H,12,13). The number of nitrogens with one attached hydrogen (secondary N) is 1. The van der Waals surface area contributed by atoms with E-state index in [9.17, 15) is 0 Å². The van der Waals surface area contributed by atoms with Crippen LogP contribution in [0.5, 0.6) is 0 Å². The van der Waals surface area contributed by atoms with Gasteiger partial charge in [0.05, 0.1) is 0 Å². The first-order valence-electron chi connectivity index (χ1n) is 4.95. The summed E-state index contributed by atoms with van der Waals surface area (Å²) in [6.45, 7) is 6.49. The molecule has 1 aromatic heterocycles. The number of hydrogen-bond donors (Lipinski definition) is 1. The summed E-state index contributed by atoms with van der Waals surface area (Å²) in [7, 11) is 0. The molecule has 0 bridgehead atoms. The molecule has 0 aliphatic heterocycles. The molecular formula is C11H18N2. The van der Waals surface area contributed by atoms with E-state index in [1.807, 2.05) is 18.5 Å². The highest BCUT2D eigenvalue weighted by atomic mass is 14.9. The maximum absolute atomic E-state index is 4.06. The van der Waals surface area contributed by atoms with E-state index in [0.29, 0.717) is 6.04 Å². The van der Waals surface area contributed by atoms with Crippen LogP contribution in [0.1, 0.15) is 32.3 Å². The number of anilines is 1. The lowest BCUT2D eigenvalue weighted by molar-refractivity contribution is 0.671. The number of aryl methyl sites for hydroxylation is 1. The lowest BCUT2D eigenvalue weighted by Crippen LogP contribution is -2.17. The Labute approximate surface area is 80.4 Å². The molecule has 72 valence electrons. The summed E-state index contributed by atoms with van der Waals surface area (Å²) >= 11 is 0. The van der Waals surface area contributed by atoms with Crippen molar-refractivity contribution in [2.45, 2.75) is 39.7 Å². The summed E-state index contributed by atoms with van der Waals surface area (Å²) in [6, 6.07) is 2.62. The van der Waals surface area contributed by atoms with Crippen molar-refractivity contribution < 1.29 is 0 Å². The summed E-state index contributed by atoms with van der Waals surface area (Å²) in [5, 5.41) is 3.51. The fraction of sp³-hybridized carbons (Fsp3) is 0.545. The van der Waals surface area contributed by atoms with Crippen molar-refractivity contribution in [1.29, 1.82) is 0 Å². The summed E-state index contributed by atoms with van der Waals surface area (Å²) in [4.78, 5) is 4.06. The largest absolute Gasteiger partial charge is 0.382 e. The molecule has 0 saturated carbocycles. The predicted octanol–water partition coefficient (Wildman–Crippen LogP) is 2.99. The maximum Gasteiger partial charge on any atom is 0.0402 e. The number of pyridine rings is 1. The van der Waals surface area contributed by atoms with Gasteiger partial charge in [-0.25, -0.2) is 0 Å². The zero-order valence-electron chi connectivity index (χ0n) is 8.67. The van der Waals surface area contributed by atoms with Crippen LogP contribution in [-0.2, 0) is 0 Å². The van der Waals surface area contributed by atoms with E-state index >= 15 is 0 Å². The second kappa shape index (κ2) is 4.85. The minimum atomic E-state index is 0.584. The average Bonchev–Trinajstić information content (AvgIpc) is 2.17. The van der Waals surface area contributed by atoms with Crippen LogP contribution < -0.4 is 5.32 Å². The Morgan fingerprint density at radius 3 is 2.62 bits per heavy atom. The Bertz CT molecular complexity index is 254. The van der Waals surface area contributed by atoms with E-state index in [0.717, 1.165) is 12.8 Å². The third-order valence-electron chi connectivity index (χ3n) is 2.37. The van der Waals surface area contributed by atoms with Crippen LogP contribution in [0.4, 0.5) is 5.69 Å². The monoisotopic (exact) mass is 178 g/mol. The third-order valence-corrected chi connectivity index (χ3v) is 2.37. The van der Waals surface area contributed by atoms with Gasteiger partial charge in [0, 0.05) is 24.1 Å². The minimum Gasteiger partial charge on any atom is -0.382 e. The van der Waals surface area contributed by atoms with Crippen molar-refractivity contribution in [3.8, 4) is 0 Å². The van der Waals surface area contributed by atoms with Gasteiger partial charge in [0.15, 0.2) is 0 Å². The normalized spacial score (nSPS) is 10.5. The second-order valence-corrected chi connectivity index (χ2v) is 3.35. The van der Waals surface area contributed by atoms with Gasteiger partial charge >= 0.3 is 0 Å². The average molecular weight is 178 g/mol. The highest BCUT2D eigenvalue weighted by Gasteiger charge is 2.03. The van der Waals surface area contributed by atoms with Gasteiger partial charge < -0.3 is 5.32 Å². The fourth-order valence-corrected chi connectivity index (χ4v) is 1.35. The van der Waals surface area contributed by atoms with E-state index in [1.165, 1.54) is 11.3 Å². The first kappa shape index (κ1) is 10.0. The molecule has 1 aromatic rings. The highest BCUT2D eigenvalue weighted by Crippen LogP contribution is 2.14. The van der Waals surface area contributed by atoms with Gasteiger partial charge in [-0.2, -0.15) is 0 Å². The Morgan fingerprint density at radius 1 is 1.38 bits per heavy atom. The Kier molecular flexibility index (Phi) is 3.74. The molecule has 1 heterocycles. The first-order valence-corrected chi connectivity index (χ1v) is 4.95. The molecule has 2 heteroatoms. The van der Waals surface area contributed by atoms with Gasteiger partial charge in [0.25, 0.3) is 0 Å². The minimum absolute atomic E-state index is 0.584. The highest BCUT2D eigenvalue weighted by molar-refractivity contribution is 5.49. The molecule has 2 nitrogen and oxygen atoms in total. The maximum atomic E-state index is 4.06. The van der Waals surface area contributed by atoms with Crippen molar-refractivity contribution >= 4 is 5.69 Å². The zero-order chi connectivity index (χ0) is 9.68. The topological polar surface area (TPSA) is 24.9 Å². The second-order valence-electron chi connectivity index (χ2n) is 3.35. The molecule has 0 fully saturated rings. The molecule has 0 spiro atoms. The first-order chi connectivity index (χ1) is 6.27. The van der Waals surface area contributed by atoms with E-state index in [2.05, 4.69) is 31.1 Å². The fourth-order valence-electron chi connectivity index (χ4n) is 1.35. The molecular weight excluding hydrogens is 160 g/mol. The van der Waals surface area contributed by atoms with Crippen LogP contribution in [0.15, 0.2) is 18.5 Å². The van der Waals surface area contributed by atoms with E-state index in [1.54, 1.807) is 0 Å². The molecule has 0 aromatic carbocycles. The molecule has 0 amide bonds. The van der Waals surface area contributed by atoms with Crippen molar-refractivity contribution in [2.24, 2.45) is 0 Å². The Balaban J connectivity index is 2.67. The zero-order valence-corrected chi connectivity index (χ0v) is 8.67. The van der Waals surface area contributed by atoms with Crippen molar-refractivity contribution in [1.82, 2.24) is 4.98 Å². The van der Waals surface area contributed by atoms with Crippen LogP contribution >= 0.6 is 0 Å². The van der Waals surface area contributed by atoms with Crippen LogP contribution in [0.2, 0.25) is 0 Å². The number of rotatable bonds is 4. The summed E-state index contributed by atoms with van der Waals surface area (Å²) in [6.07, 6.45) is 6.05. The Morgan fingerprint density at radius 2 is 2.08 bits per heavy atom. The summed E-state index contributed by atoms with van der Waals surface area (Å²) < 4.78 is 0. The number of hydrogen-bond acceptors (Lipinski definition) is 2. The molecule has 0 saturated heterocycles. The van der Waals surface area contributed by atoms with E-state index < -0.39 is 0 Å². The van der Waals surface area contributed by atoms with E-state index in [4.69, 9.17) is 0 Å². The lowest BCUT2D eigenvalue weighted by atomic mass is 10.1. The molecule has 1 N–H and O–H groups in total. The van der Waals surface area contributed by atoms with Gasteiger partial charge in [-0.3, -0.25) is 4.98 Å². The van der Waals surface area contributed by atoms with Crippen molar-refractivity contribution in [3.05, 3.63) is 24.0 Å². The van der Waals surface area contributed by atoms with Gasteiger partial charge in [0.2, 0.25) is 0 Å². The number of aromatic nitrogens is 1. The number of nitrogens with zero attached hydrogens (tertiary/aromatic N) is 1. The molecule has 0 atom stereocenters. The summed E-state index contributed by atoms with van der Waals surface area (Å²) in [5.74, 6) is 0. The van der Waals surface area contributed by atoms with Crippen LogP contribution in [0.3, 0.4) is 0 Å². The van der Waals surface area contributed by atoms with Crippen LogP contribution in [-0.4, -0.2) is 11.0 Å². The molecule has 13 heavy (non-hydrogen) atoms. The van der Waals surface area contributed by atoms with Gasteiger partial charge in [-0.05, 0) is 31.4 Å². The van der Waals surface area contributed by atoms with Gasteiger partial charge in [-0.15, -0.1) is 0 Å². The molecule has 1 rings (SSSR count). The van der Waals surface area contributed by atoms with Gasteiger partial charge in [0.1, 0.15) is 0 Å². The molecule has 0 unspecified atom stereocenters. The van der Waals surface area contributed by atoms with E-state index in [-0.39, 0.29) is 0 Å². The SMILES string of the molecule is CCC(CC)Nc1ccncc1C. The van der Waals surface area contributed by atoms with Crippen molar-refractivity contribution in [3.63, 3.8) is 0 Å². The third kappa shape index (κ3) is 2.72. The molecule has 0 aliphatic rings. The Hall–Kier alpha value is -1.05. The molecule has 0 aliphatic carbocycles. The van der Waals surface area contributed by atoms with Gasteiger partial charge in [-0.1, -0.05) is 13.8 Å². The van der Waals surface area contributed by atoms with Crippen molar-refractivity contribution in [2.75, 3.05) is 5.32 Å². The molecule has 0 radical (unpaired) electrons. The predicted molar refractivity (Wildman–Crippen MR) is 57.0 cm³/mol. The van der Waals surface area contributed by atoms with Crippen LogP contribution in [0, 0.1) is 6.92 Å². The summed E-state index contributed by atoms with van der Waals surface area (Å²) in [5.41, 5.74) is 2.43. The quantitative estimate of drug-likeness (QED) is 0.766. The van der Waals surface area contributed by atoms with Crippen LogP contribution in [0.25, 0.3) is 0 Å².